The number of nitrogens with zero attached hydrogens (tertiary/aromatic N) is 1. The summed E-state index contributed by atoms with van der Waals surface area (Å²) in [5, 5.41) is 11.6. The first-order valence-electron chi connectivity index (χ1n) is 7.13. The van der Waals surface area contributed by atoms with E-state index in [1.54, 1.807) is 12.1 Å². The van der Waals surface area contributed by atoms with E-state index in [1.807, 2.05) is 12.1 Å². The lowest BCUT2D eigenvalue weighted by atomic mass is 9.94. The van der Waals surface area contributed by atoms with Crippen molar-refractivity contribution in [3.05, 3.63) is 42.0 Å². The number of hydrogen-bond acceptors (Lipinski definition) is 4. The minimum absolute atomic E-state index is 0.00912. The van der Waals surface area contributed by atoms with Gasteiger partial charge in [0.2, 0.25) is 0 Å². The number of phenolic OH excluding ortho intramolecular Hbond substituents is 1. The third kappa shape index (κ3) is 2.59. The number of fused-ring (bicyclic) bond motifs is 1. The van der Waals surface area contributed by atoms with Crippen LogP contribution >= 0.6 is 0 Å². The van der Waals surface area contributed by atoms with Crippen LogP contribution in [0.1, 0.15) is 18.5 Å². The van der Waals surface area contributed by atoms with Gasteiger partial charge in [-0.1, -0.05) is 18.2 Å². The van der Waals surface area contributed by atoms with Crippen molar-refractivity contribution in [2.75, 3.05) is 20.2 Å². The highest BCUT2D eigenvalue weighted by molar-refractivity contribution is 5.84. The zero-order chi connectivity index (χ0) is 15.0. The molecule has 0 radical (unpaired) electrons. The molecule has 4 heteroatoms. The zero-order valence-electron chi connectivity index (χ0n) is 12.2. The average Bonchev–Trinajstić information content (AvgIpc) is 2.44. The van der Waals surface area contributed by atoms with E-state index in [4.69, 9.17) is 4.74 Å². The molecule has 1 N–H and O–H groups in total. The number of likely N-dealkylation sites (tertiary alicyclic amines) is 1. The molecule has 1 aliphatic rings. The molecule has 2 aromatic rings. The number of esters is 1. The first-order valence-corrected chi connectivity index (χ1v) is 7.13. The molecule has 0 amide bonds. The average molecular weight is 285 g/mol. The highest BCUT2D eigenvalue weighted by atomic mass is 16.5. The molecule has 0 spiro atoms. The molecule has 1 aliphatic heterocycles. The number of benzene rings is 2. The molecule has 1 saturated heterocycles. The van der Waals surface area contributed by atoms with Crippen LogP contribution in [0.15, 0.2) is 36.4 Å². The van der Waals surface area contributed by atoms with Crippen LogP contribution in [0, 0.1) is 5.92 Å². The second kappa shape index (κ2) is 5.37. The fraction of sp³-hybridized carbons (Fsp3) is 0.353. The molecule has 2 aromatic carbocycles. The Morgan fingerprint density at radius 2 is 1.90 bits per heavy atom. The van der Waals surface area contributed by atoms with Crippen LogP contribution in [-0.4, -0.2) is 36.2 Å². The van der Waals surface area contributed by atoms with Crippen LogP contribution in [0.5, 0.6) is 5.75 Å². The van der Waals surface area contributed by atoms with Crippen molar-refractivity contribution in [3.63, 3.8) is 0 Å². The molecular weight excluding hydrogens is 266 g/mol. The Labute approximate surface area is 123 Å². The first kappa shape index (κ1) is 13.9. The molecule has 0 saturated carbocycles. The Hall–Kier alpha value is -2.07. The molecule has 0 aromatic heterocycles. The van der Waals surface area contributed by atoms with Crippen LogP contribution in [-0.2, 0) is 9.53 Å². The summed E-state index contributed by atoms with van der Waals surface area (Å²) in [5.74, 6) is 0.175. The molecule has 0 aliphatic carbocycles. The molecule has 4 nitrogen and oxygen atoms in total. The van der Waals surface area contributed by atoms with Gasteiger partial charge < -0.3 is 9.84 Å². The van der Waals surface area contributed by atoms with Crippen molar-refractivity contribution in [1.29, 1.82) is 0 Å². The van der Waals surface area contributed by atoms with E-state index in [1.165, 1.54) is 12.7 Å². The highest BCUT2D eigenvalue weighted by Gasteiger charge is 2.36. The molecule has 1 heterocycles. The van der Waals surface area contributed by atoms with Gasteiger partial charge in [-0.15, -0.1) is 0 Å². The lowest BCUT2D eigenvalue weighted by Crippen LogP contribution is -2.51. The number of carbonyl (C=O) groups is 1. The summed E-state index contributed by atoms with van der Waals surface area (Å²) >= 11 is 0. The molecule has 0 bridgehead atoms. The van der Waals surface area contributed by atoms with Gasteiger partial charge in [0.05, 0.1) is 13.0 Å². The summed E-state index contributed by atoms with van der Waals surface area (Å²) in [6.45, 7) is 3.65. The van der Waals surface area contributed by atoms with E-state index in [0.717, 1.165) is 23.9 Å². The van der Waals surface area contributed by atoms with E-state index in [-0.39, 0.29) is 23.7 Å². The van der Waals surface area contributed by atoms with Crippen molar-refractivity contribution >= 4 is 16.7 Å². The van der Waals surface area contributed by atoms with Crippen LogP contribution in [0.2, 0.25) is 0 Å². The van der Waals surface area contributed by atoms with Crippen LogP contribution in [0.3, 0.4) is 0 Å². The first-order chi connectivity index (χ1) is 10.1. The molecule has 1 atom stereocenters. The van der Waals surface area contributed by atoms with Crippen LogP contribution < -0.4 is 0 Å². The lowest BCUT2D eigenvalue weighted by molar-refractivity contribution is -0.152. The van der Waals surface area contributed by atoms with Gasteiger partial charge in [-0.2, -0.15) is 0 Å². The number of methoxy groups -OCH3 is 1. The number of ether oxygens (including phenoxy) is 1. The molecule has 1 fully saturated rings. The van der Waals surface area contributed by atoms with Gasteiger partial charge in [0, 0.05) is 19.1 Å². The van der Waals surface area contributed by atoms with Gasteiger partial charge in [-0.25, -0.2) is 0 Å². The predicted molar refractivity (Wildman–Crippen MR) is 81.1 cm³/mol. The monoisotopic (exact) mass is 285 g/mol. The second-order valence-electron chi connectivity index (χ2n) is 5.64. The standard InChI is InChI=1S/C17H19NO3/c1-11(18-9-15(10-18)17(20)21-2)12-3-4-14-8-16(19)6-5-13(14)7-12/h3-8,11,15,19H,9-10H2,1-2H3. The maximum Gasteiger partial charge on any atom is 0.311 e. The SMILES string of the molecule is COC(=O)C1CN(C(C)c2ccc3cc(O)ccc3c2)C1. The summed E-state index contributed by atoms with van der Waals surface area (Å²) < 4.78 is 4.77. The van der Waals surface area contributed by atoms with Gasteiger partial charge in [-0.3, -0.25) is 9.69 Å². The largest absolute Gasteiger partial charge is 0.508 e. The minimum atomic E-state index is -0.118. The minimum Gasteiger partial charge on any atom is -0.508 e. The summed E-state index contributed by atoms with van der Waals surface area (Å²) in [6.07, 6.45) is 0. The van der Waals surface area contributed by atoms with E-state index in [2.05, 4.69) is 24.0 Å². The molecule has 110 valence electrons. The van der Waals surface area contributed by atoms with Crippen LogP contribution in [0.4, 0.5) is 0 Å². The van der Waals surface area contributed by atoms with E-state index in [0.29, 0.717) is 0 Å². The van der Waals surface area contributed by atoms with Crippen molar-refractivity contribution in [2.24, 2.45) is 5.92 Å². The van der Waals surface area contributed by atoms with Gasteiger partial charge in [0.25, 0.3) is 0 Å². The topological polar surface area (TPSA) is 49.8 Å². The fourth-order valence-corrected chi connectivity index (χ4v) is 2.87. The molecule has 21 heavy (non-hydrogen) atoms. The van der Waals surface area contributed by atoms with Crippen LogP contribution in [0.25, 0.3) is 10.8 Å². The van der Waals surface area contributed by atoms with Gasteiger partial charge in [0.1, 0.15) is 5.75 Å². The lowest BCUT2D eigenvalue weighted by Gasteiger charge is -2.41. The number of rotatable bonds is 3. The predicted octanol–water partition coefficient (Wildman–Crippen LogP) is 2.71. The Bertz CT molecular complexity index is 677. The smallest absolute Gasteiger partial charge is 0.311 e. The summed E-state index contributed by atoms with van der Waals surface area (Å²) in [4.78, 5) is 13.7. The van der Waals surface area contributed by atoms with Crippen molar-refractivity contribution in [3.8, 4) is 5.75 Å². The number of hydrogen-bond donors (Lipinski definition) is 1. The highest BCUT2D eigenvalue weighted by Crippen LogP contribution is 2.31. The Balaban J connectivity index is 1.75. The normalized spacial score (nSPS) is 17.4. The third-order valence-corrected chi connectivity index (χ3v) is 4.32. The maximum absolute atomic E-state index is 11.4. The zero-order valence-corrected chi connectivity index (χ0v) is 12.2. The molecule has 3 rings (SSSR count). The molecule has 1 unspecified atom stereocenters. The van der Waals surface area contributed by atoms with Gasteiger partial charge >= 0.3 is 5.97 Å². The van der Waals surface area contributed by atoms with E-state index in [9.17, 15) is 9.90 Å². The molecular formula is C17H19NO3. The summed E-state index contributed by atoms with van der Waals surface area (Å²) in [5.41, 5.74) is 1.22. The quantitative estimate of drug-likeness (QED) is 0.881. The fourth-order valence-electron chi connectivity index (χ4n) is 2.87. The van der Waals surface area contributed by atoms with E-state index < -0.39 is 0 Å². The van der Waals surface area contributed by atoms with Gasteiger partial charge in [0.15, 0.2) is 0 Å². The Morgan fingerprint density at radius 3 is 2.62 bits per heavy atom. The Kier molecular flexibility index (Phi) is 3.55. The van der Waals surface area contributed by atoms with Gasteiger partial charge in [-0.05, 0) is 41.5 Å². The summed E-state index contributed by atoms with van der Waals surface area (Å²) in [6, 6.07) is 11.9. The number of carbonyl (C=O) groups excluding carboxylic acids is 1. The van der Waals surface area contributed by atoms with Crippen molar-refractivity contribution in [1.82, 2.24) is 4.90 Å². The number of phenols is 1. The maximum atomic E-state index is 11.4. The second-order valence-corrected chi connectivity index (χ2v) is 5.64. The third-order valence-electron chi connectivity index (χ3n) is 4.32. The Morgan fingerprint density at radius 1 is 1.24 bits per heavy atom. The van der Waals surface area contributed by atoms with E-state index >= 15 is 0 Å². The van der Waals surface area contributed by atoms with Crippen molar-refractivity contribution in [2.45, 2.75) is 13.0 Å². The summed E-state index contributed by atoms with van der Waals surface area (Å²) in [7, 11) is 1.44. The number of aromatic hydroxyl groups is 1. The van der Waals surface area contributed by atoms with Crippen molar-refractivity contribution < 1.29 is 14.6 Å².